The lowest BCUT2D eigenvalue weighted by Crippen LogP contribution is -2.34. The van der Waals surface area contributed by atoms with Crippen molar-refractivity contribution >= 4 is 38.6 Å². The van der Waals surface area contributed by atoms with E-state index in [2.05, 4.69) is 15.9 Å². The molecule has 1 aromatic heterocycles. The fourth-order valence-corrected chi connectivity index (χ4v) is 4.26. The zero-order valence-electron chi connectivity index (χ0n) is 18.3. The van der Waals surface area contributed by atoms with Crippen LogP contribution in [-0.4, -0.2) is 48.6 Å². The fraction of sp³-hybridized carbons (Fsp3) is 0.280. The highest BCUT2D eigenvalue weighted by Crippen LogP contribution is 2.40. The summed E-state index contributed by atoms with van der Waals surface area (Å²) in [6.45, 7) is 3.08. The molecule has 33 heavy (non-hydrogen) atoms. The van der Waals surface area contributed by atoms with Gasteiger partial charge in [-0.3, -0.25) is 9.59 Å². The van der Waals surface area contributed by atoms with E-state index in [0.717, 1.165) is 16.3 Å². The molecule has 172 valence electrons. The van der Waals surface area contributed by atoms with Crippen LogP contribution in [0.25, 0.3) is 11.0 Å². The number of ether oxygens (including phenoxy) is 2. The molecule has 0 aliphatic carbocycles. The molecule has 0 radical (unpaired) electrons. The normalized spacial score (nSPS) is 16.2. The number of aliphatic hydroxyl groups excluding tert-OH is 1. The fourth-order valence-electron chi connectivity index (χ4n) is 3.88. The number of furan rings is 1. The number of amides is 1. The lowest BCUT2D eigenvalue weighted by atomic mass is 9.95. The van der Waals surface area contributed by atoms with Gasteiger partial charge in [0.15, 0.2) is 11.5 Å². The predicted molar refractivity (Wildman–Crippen MR) is 126 cm³/mol. The summed E-state index contributed by atoms with van der Waals surface area (Å²) >= 11 is 3.41. The summed E-state index contributed by atoms with van der Waals surface area (Å²) in [5.41, 5.74) is 1.20. The second-order valence-corrected chi connectivity index (χ2v) is 8.61. The first-order valence-corrected chi connectivity index (χ1v) is 11.4. The zero-order valence-corrected chi connectivity index (χ0v) is 19.9. The summed E-state index contributed by atoms with van der Waals surface area (Å²) in [5.74, 6) is -0.986. The number of ketones is 1. The SMILES string of the molecule is CCCOc1ccc(C2C(C(=O)c3cc4cc(Br)ccc4o3)=C(O)C(=O)N2CCOC)cc1. The lowest BCUT2D eigenvalue weighted by Gasteiger charge is -2.26. The largest absolute Gasteiger partial charge is 0.503 e. The van der Waals surface area contributed by atoms with Crippen molar-refractivity contribution in [3.05, 3.63) is 75.7 Å². The van der Waals surface area contributed by atoms with E-state index in [9.17, 15) is 14.7 Å². The summed E-state index contributed by atoms with van der Waals surface area (Å²) in [6, 6.07) is 13.4. The summed E-state index contributed by atoms with van der Waals surface area (Å²) in [5, 5.41) is 11.5. The maximum atomic E-state index is 13.5. The topological polar surface area (TPSA) is 89.2 Å². The molecule has 2 heterocycles. The summed E-state index contributed by atoms with van der Waals surface area (Å²) < 4.78 is 17.4. The Morgan fingerprint density at radius 3 is 2.61 bits per heavy atom. The van der Waals surface area contributed by atoms with Gasteiger partial charge in [-0.05, 0) is 48.4 Å². The van der Waals surface area contributed by atoms with Crippen molar-refractivity contribution in [2.24, 2.45) is 0 Å². The van der Waals surface area contributed by atoms with Crippen LogP contribution in [0.15, 0.2) is 68.8 Å². The van der Waals surface area contributed by atoms with Crippen molar-refractivity contribution in [1.82, 2.24) is 4.90 Å². The van der Waals surface area contributed by atoms with E-state index in [1.165, 1.54) is 12.0 Å². The molecule has 0 spiro atoms. The van der Waals surface area contributed by atoms with Gasteiger partial charge in [-0.15, -0.1) is 0 Å². The number of benzene rings is 2. The molecule has 4 rings (SSSR count). The molecule has 1 atom stereocenters. The third-order valence-corrected chi connectivity index (χ3v) is 5.95. The van der Waals surface area contributed by atoms with Crippen molar-refractivity contribution in [3.63, 3.8) is 0 Å². The van der Waals surface area contributed by atoms with Crippen LogP contribution in [0.3, 0.4) is 0 Å². The van der Waals surface area contributed by atoms with Gasteiger partial charge < -0.3 is 23.9 Å². The Morgan fingerprint density at radius 2 is 1.91 bits per heavy atom. The Hall–Kier alpha value is -3.10. The summed E-state index contributed by atoms with van der Waals surface area (Å²) in [7, 11) is 1.53. The van der Waals surface area contributed by atoms with Crippen LogP contribution in [0, 0.1) is 0 Å². The molecule has 8 heteroatoms. The molecule has 2 aromatic carbocycles. The quantitative estimate of drug-likeness (QED) is 0.395. The van der Waals surface area contributed by atoms with Gasteiger partial charge in [0.1, 0.15) is 11.3 Å². The Labute approximate surface area is 199 Å². The van der Waals surface area contributed by atoms with Gasteiger partial charge in [0, 0.05) is 23.5 Å². The van der Waals surface area contributed by atoms with Crippen LogP contribution in [-0.2, 0) is 9.53 Å². The number of fused-ring (bicyclic) bond motifs is 1. The first-order chi connectivity index (χ1) is 15.9. The van der Waals surface area contributed by atoms with E-state index in [1.54, 1.807) is 36.4 Å². The molecular weight excluding hydrogens is 490 g/mol. The number of methoxy groups -OCH3 is 1. The molecule has 1 aliphatic heterocycles. The van der Waals surface area contributed by atoms with Crippen molar-refractivity contribution in [2.45, 2.75) is 19.4 Å². The lowest BCUT2D eigenvalue weighted by molar-refractivity contribution is -0.130. The Bertz CT molecular complexity index is 1210. The van der Waals surface area contributed by atoms with Gasteiger partial charge in [-0.2, -0.15) is 0 Å². The Balaban J connectivity index is 1.74. The average molecular weight is 514 g/mol. The average Bonchev–Trinajstić information content (AvgIpc) is 3.35. The van der Waals surface area contributed by atoms with E-state index >= 15 is 0 Å². The third-order valence-electron chi connectivity index (χ3n) is 5.46. The minimum absolute atomic E-state index is 0.0172. The number of aliphatic hydroxyl groups is 1. The van der Waals surface area contributed by atoms with E-state index < -0.39 is 23.5 Å². The molecule has 0 saturated heterocycles. The molecule has 7 nitrogen and oxygen atoms in total. The molecule has 3 aromatic rings. The number of hydrogen-bond donors (Lipinski definition) is 1. The van der Waals surface area contributed by atoms with Crippen LogP contribution in [0.4, 0.5) is 0 Å². The second-order valence-electron chi connectivity index (χ2n) is 7.70. The molecular formula is C25H24BrNO6. The monoisotopic (exact) mass is 513 g/mol. The Kier molecular flexibility index (Phi) is 6.85. The minimum atomic E-state index is -0.777. The van der Waals surface area contributed by atoms with Gasteiger partial charge in [-0.1, -0.05) is 35.0 Å². The molecule has 0 bridgehead atoms. The first kappa shape index (κ1) is 23.1. The number of carbonyl (C=O) groups is 2. The van der Waals surface area contributed by atoms with Crippen LogP contribution in [0.2, 0.25) is 0 Å². The number of Topliss-reactive ketones (excluding diaryl/α,β-unsaturated/α-hetero) is 1. The number of rotatable bonds is 9. The molecule has 0 saturated carbocycles. The number of nitrogens with zero attached hydrogens (tertiary/aromatic N) is 1. The zero-order chi connectivity index (χ0) is 23.5. The van der Waals surface area contributed by atoms with Crippen LogP contribution in [0.5, 0.6) is 5.75 Å². The van der Waals surface area contributed by atoms with Crippen molar-refractivity contribution in [2.75, 3.05) is 26.9 Å². The van der Waals surface area contributed by atoms with Crippen LogP contribution >= 0.6 is 15.9 Å². The smallest absolute Gasteiger partial charge is 0.290 e. The highest BCUT2D eigenvalue weighted by molar-refractivity contribution is 9.10. The highest BCUT2D eigenvalue weighted by atomic mass is 79.9. The first-order valence-electron chi connectivity index (χ1n) is 10.6. The highest BCUT2D eigenvalue weighted by Gasteiger charge is 2.44. The van der Waals surface area contributed by atoms with Gasteiger partial charge in [0.2, 0.25) is 5.78 Å². The van der Waals surface area contributed by atoms with E-state index in [-0.39, 0.29) is 24.5 Å². The molecule has 1 amide bonds. The second kappa shape index (κ2) is 9.80. The number of hydrogen-bond acceptors (Lipinski definition) is 6. The Morgan fingerprint density at radius 1 is 1.15 bits per heavy atom. The van der Waals surface area contributed by atoms with Crippen molar-refractivity contribution < 1.29 is 28.6 Å². The van der Waals surface area contributed by atoms with Gasteiger partial charge in [0.05, 0.1) is 24.8 Å². The van der Waals surface area contributed by atoms with Gasteiger partial charge in [0.25, 0.3) is 5.91 Å². The number of halogens is 1. The molecule has 1 N–H and O–H groups in total. The van der Waals surface area contributed by atoms with Crippen LogP contribution in [0.1, 0.15) is 35.5 Å². The third kappa shape index (κ3) is 4.54. The maximum Gasteiger partial charge on any atom is 0.290 e. The summed E-state index contributed by atoms with van der Waals surface area (Å²) in [4.78, 5) is 27.9. The van der Waals surface area contributed by atoms with Crippen molar-refractivity contribution in [3.8, 4) is 5.75 Å². The maximum absolute atomic E-state index is 13.5. The van der Waals surface area contributed by atoms with Crippen molar-refractivity contribution in [1.29, 1.82) is 0 Å². The van der Waals surface area contributed by atoms with Gasteiger partial charge >= 0.3 is 0 Å². The number of carbonyl (C=O) groups excluding carboxylic acids is 2. The van der Waals surface area contributed by atoms with Crippen LogP contribution < -0.4 is 4.74 Å². The minimum Gasteiger partial charge on any atom is -0.503 e. The standard InChI is InChI=1S/C25H24BrNO6/c1-3-11-32-18-7-4-15(5-8-18)22-21(24(29)25(30)27(22)10-12-31-2)23(28)20-14-16-13-17(26)6-9-19(16)33-20/h4-9,13-14,22,29H,3,10-12H2,1-2H3. The van der Waals surface area contributed by atoms with E-state index in [0.29, 0.717) is 23.5 Å². The van der Waals surface area contributed by atoms with E-state index in [4.69, 9.17) is 13.9 Å². The molecule has 1 unspecified atom stereocenters. The molecule has 1 aliphatic rings. The van der Waals surface area contributed by atoms with E-state index in [1.807, 2.05) is 19.1 Å². The van der Waals surface area contributed by atoms with Gasteiger partial charge in [-0.25, -0.2) is 0 Å². The molecule has 0 fully saturated rings. The summed E-state index contributed by atoms with van der Waals surface area (Å²) in [6.07, 6.45) is 0.882. The predicted octanol–water partition coefficient (Wildman–Crippen LogP) is 5.21.